The molecule has 0 spiro atoms. The van der Waals surface area contributed by atoms with Gasteiger partial charge in [-0.2, -0.15) is 5.26 Å². The minimum Gasteiger partial charge on any atom is -0.406 e. The number of nitriles is 1. The van der Waals surface area contributed by atoms with Crippen LogP contribution in [0, 0.1) is 11.3 Å². The summed E-state index contributed by atoms with van der Waals surface area (Å²) in [6.45, 7) is 0. The summed E-state index contributed by atoms with van der Waals surface area (Å²) in [5.41, 5.74) is 1.95. The van der Waals surface area contributed by atoms with Crippen molar-refractivity contribution >= 4 is 23.4 Å². The van der Waals surface area contributed by atoms with Crippen LogP contribution in [0.15, 0.2) is 48.5 Å². The van der Waals surface area contributed by atoms with E-state index in [0.717, 1.165) is 17.7 Å². The SMILES string of the molecule is N#Cc1ccc(CSCC(=O)Nc2ccc(OC(F)(F)F)cc2)cc1. The Bertz CT molecular complexity index is 753. The van der Waals surface area contributed by atoms with Crippen LogP contribution < -0.4 is 10.1 Å². The number of nitrogens with zero attached hydrogens (tertiary/aromatic N) is 1. The van der Waals surface area contributed by atoms with Crippen LogP contribution in [0.1, 0.15) is 11.1 Å². The zero-order valence-corrected chi connectivity index (χ0v) is 13.7. The van der Waals surface area contributed by atoms with Crippen molar-refractivity contribution in [3.05, 3.63) is 59.7 Å². The van der Waals surface area contributed by atoms with E-state index in [9.17, 15) is 18.0 Å². The Kier molecular flexibility index (Phi) is 6.31. The fourth-order valence-electron chi connectivity index (χ4n) is 1.87. The number of anilines is 1. The maximum Gasteiger partial charge on any atom is 0.573 e. The molecule has 0 fully saturated rings. The predicted molar refractivity (Wildman–Crippen MR) is 89.1 cm³/mol. The number of halogens is 3. The molecule has 0 atom stereocenters. The van der Waals surface area contributed by atoms with Crippen LogP contribution >= 0.6 is 11.8 Å². The number of hydrogen-bond donors (Lipinski definition) is 1. The predicted octanol–water partition coefficient (Wildman–Crippen LogP) is 4.33. The van der Waals surface area contributed by atoms with Crippen LogP contribution in [-0.2, 0) is 10.5 Å². The minimum absolute atomic E-state index is 0.195. The van der Waals surface area contributed by atoms with E-state index in [0.29, 0.717) is 17.0 Å². The molecular weight excluding hydrogens is 353 g/mol. The van der Waals surface area contributed by atoms with Crippen molar-refractivity contribution in [2.45, 2.75) is 12.1 Å². The summed E-state index contributed by atoms with van der Waals surface area (Å²) >= 11 is 1.39. The second-order valence-electron chi connectivity index (χ2n) is 4.92. The van der Waals surface area contributed by atoms with E-state index in [4.69, 9.17) is 5.26 Å². The molecule has 0 radical (unpaired) electrons. The van der Waals surface area contributed by atoms with Gasteiger partial charge in [0.25, 0.3) is 0 Å². The van der Waals surface area contributed by atoms with E-state index in [1.165, 1.54) is 23.9 Å². The standard InChI is InChI=1S/C17H13F3N2O2S/c18-17(19,20)24-15-7-5-14(6-8-15)22-16(23)11-25-10-13-3-1-12(9-21)2-4-13/h1-8H,10-11H2,(H,22,23). The van der Waals surface area contributed by atoms with Gasteiger partial charge in [-0.3, -0.25) is 4.79 Å². The van der Waals surface area contributed by atoms with Gasteiger partial charge >= 0.3 is 6.36 Å². The van der Waals surface area contributed by atoms with E-state index < -0.39 is 6.36 Å². The number of amides is 1. The van der Waals surface area contributed by atoms with Crippen LogP contribution in [-0.4, -0.2) is 18.0 Å². The molecule has 0 heterocycles. The highest BCUT2D eigenvalue weighted by molar-refractivity contribution is 7.99. The first-order valence-electron chi connectivity index (χ1n) is 7.08. The Morgan fingerprint density at radius 2 is 1.76 bits per heavy atom. The molecule has 4 nitrogen and oxygen atoms in total. The maximum atomic E-state index is 12.1. The number of benzene rings is 2. The van der Waals surface area contributed by atoms with Gasteiger partial charge in [-0.15, -0.1) is 24.9 Å². The number of alkyl halides is 3. The molecule has 0 aromatic heterocycles. The van der Waals surface area contributed by atoms with Gasteiger partial charge in [0.2, 0.25) is 5.91 Å². The number of ether oxygens (including phenoxy) is 1. The third-order valence-corrected chi connectivity index (χ3v) is 3.96. The lowest BCUT2D eigenvalue weighted by atomic mass is 10.2. The van der Waals surface area contributed by atoms with E-state index >= 15 is 0 Å². The monoisotopic (exact) mass is 366 g/mol. The lowest BCUT2D eigenvalue weighted by molar-refractivity contribution is -0.274. The highest BCUT2D eigenvalue weighted by Gasteiger charge is 2.30. The molecule has 1 amide bonds. The Morgan fingerprint density at radius 3 is 2.32 bits per heavy atom. The van der Waals surface area contributed by atoms with Crippen molar-refractivity contribution in [2.24, 2.45) is 0 Å². The van der Waals surface area contributed by atoms with Gasteiger partial charge in [0.15, 0.2) is 0 Å². The average Bonchev–Trinajstić information content (AvgIpc) is 2.56. The fourth-order valence-corrected chi connectivity index (χ4v) is 2.66. The zero-order chi connectivity index (χ0) is 18.3. The van der Waals surface area contributed by atoms with Crippen molar-refractivity contribution in [2.75, 3.05) is 11.1 Å². The molecule has 0 aliphatic rings. The summed E-state index contributed by atoms with van der Waals surface area (Å²) < 4.78 is 39.9. The molecule has 130 valence electrons. The topological polar surface area (TPSA) is 62.1 Å². The molecule has 1 N–H and O–H groups in total. The largest absolute Gasteiger partial charge is 0.573 e. The van der Waals surface area contributed by atoms with Crippen molar-refractivity contribution in [1.82, 2.24) is 0 Å². The highest BCUT2D eigenvalue weighted by atomic mass is 32.2. The number of rotatable bonds is 6. The highest BCUT2D eigenvalue weighted by Crippen LogP contribution is 2.24. The molecule has 2 aromatic rings. The Hall–Kier alpha value is -2.66. The van der Waals surface area contributed by atoms with Crippen molar-refractivity contribution in [3.63, 3.8) is 0 Å². The molecule has 0 saturated carbocycles. The molecule has 0 bridgehead atoms. The molecule has 0 aliphatic carbocycles. The first-order valence-corrected chi connectivity index (χ1v) is 8.23. The molecule has 0 saturated heterocycles. The van der Waals surface area contributed by atoms with E-state index in [1.807, 2.05) is 18.2 Å². The minimum atomic E-state index is -4.74. The lowest BCUT2D eigenvalue weighted by Crippen LogP contribution is -2.17. The quantitative estimate of drug-likeness (QED) is 0.827. The molecule has 8 heteroatoms. The number of hydrogen-bond acceptors (Lipinski definition) is 4. The van der Waals surface area contributed by atoms with Crippen LogP contribution in [0.2, 0.25) is 0 Å². The van der Waals surface area contributed by atoms with E-state index in [-0.39, 0.29) is 17.4 Å². The van der Waals surface area contributed by atoms with Gasteiger partial charge in [0.1, 0.15) is 5.75 Å². The Morgan fingerprint density at radius 1 is 1.12 bits per heavy atom. The summed E-state index contributed by atoms with van der Waals surface area (Å²) in [6, 6.07) is 14.0. The average molecular weight is 366 g/mol. The summed E-state index contributed by atoms with van der Waals surface area (Å²) in [6.07, 6.45) is -4.74. The van der Waals surface area contributed by atoms with Crippen LogP contribution in [0.25, 0.3) is 0 Å². The molecule has 2 rings (SSSR count). The number of nitrogens with one attached hydrogen (secondary N) is 1. The van der Waals surface area contributed by atoms with Crippen LogP contribution in [0.3, 0.4) is 0 Å². The molecule has 0 unspecified atom stereocenters. The molecule has 0 aliphatic heterocycles. The lowest BCUT2D eigenvalue weighted by Gasteiger charge is -2.10. The third kappa shape index (κ3) is 6.77. The summed E-state index contributed by atoms with van der Waals surface area (Å²) in [4.78, 5) is 11.8. The Balaban J connectivity index is 1.77. The van der Waals surface area contributed by atoms with Gasteiger partial charge in [0, 0.05) is 11.4 Å². The normalized spacial score (nSPS) is 10.8. The van der Waals surface area contributed by atoms with Crippen molar-refractivity contribution < 1.29 is 22.7 Å². The van der Waals surface area contributed by atoms with E-state index in [1.54, 1.807) is 12.1 Å². The first kappa shape index (κ1) is 18.7. The van der Waals surface area contributed by atoms with Gasteiger partial charge in [-0.1, -0.05) is 12.1 Å². The van der Waals surface area contributed by atoms with Crippen molar-refractivity contribution in [3.8, 4) is 11.8 Å². The van der Waals surface area contributed by atoms with Crippen LogP contribution in [0.5, 0.6) is 5.75 Å². The molecule has 25 heavy (non-hydrogen) atoms. The summed E-state index contributed by atoms with van der Waals surface area (Å²) in [5, 5.41) is 11.3. The first-order chi connectivity index (χ1) is 11.9. The molecular formula is C17H13F3N2O2S. The Labute approximate surface area is 146 Å². The number of carbonyl (C=O) groups excluding carboxylic acids is 1. The van der Waals surface area contributed by atoms with Crippen molar-refractivity contribution in [1.29, 1.82) is 5.26 Å². The second-order valence-corrected chi connectivity index (χ2v) is 5.91. The van der Waals surface area contributed by atoms with Gasteiger partial charge in [-0.25, -0.2) is 0 Å². The van der Waals surface area contributed by atoms with Crippen LogP contribution in [0.4, 0.5) is 18.9 Å². The summed E-state index contributed by atoms with van der Waals surface area (Å²) in [7, 11) is 0. The van der Waals surface area contributed by atoms with Gasteiger partial charge in [0.05, 0.1) is 17.4 Å². The third-order valence-electron chi connectivity index (χ3n) is 2.96. The fraction of sp³-hybridized carbons (Fsp3) is 0.176. The molecule has 2 aromatic carbocycles. The maximum absolute atomic E-state index is 12.1. The van der Waals surface area contributed by atoms with E-state index in [2.05, 4.69) is 10.1 Å². The van der Waals surface area contributed by atoms with Gasteiger partial charge < -0.3 is 10.1 Å². The smallest absolute Gasteiger partial charge is 0.406 e. The summed E-state index contributed by atoms with van der Waals surface area (Å²) in [5.74, 6) is 0.196. The number of carbonyl (C=O) groups is 1. The second kappa shape index (κ2) is 8.44. The van der Waals surface area contributed by atoms with Gasteiger partial charge in [-0.05, 0) is 42.0 Å². The zero-order valence-electron chi connectivity index (χ0n) is 12.8. The number of thioether (sulfide) groups is 1.